The number of hydrogen-bond donors (Lipinski definition) is 1. The van der Waals surface area contributed by atoms with Gasteiger partial charge in [-0.05, 0) is 29.8 Å². The predicted octanol–water partition coefficient (Wildman–Crippen LogP) is 3.59. The van der Waals surface area contributed by atoms with E-state index in [-0.39, 0.29) is 0 Å². The van der Waals surface area contributed by atoms with E-state index in [4.69, 9.17) is 4.74 Å². The van der Waals surface area contributed by atoms with Gasteiger partial charge in [0.1, 0.15) is 0 Å². The lowest BCUT2D eigenvalue weighted by Crippen LogP contribution is -2.40. The molecule has 7 nitrogen and oxygen atoms in total. The van der Waals surface area contributed by atoms with E-state index in [0.29, 0.717) is 37.0 Å². The number of sulfonamides is 1. The average Bonchev–Trinajstić information content (AvgIpc) is 3.21. The molecule has 0 saturated carbocycles. The smallest absolute Gasteiger partial charge is 0.243 e. The van der Waals surface area contributed by atoms with Gasteiger partial charge in [-0.25, -0.2) is 8.42 Å². The molecule has 0 spiro atoms. The van der Waals surface area contributed by atoms with Crippen LogP contribution in [-0.4, -0.2) is 49.2 Å². The summed E-state index contributed by atoms with van der Waals surface area (Å²) in [5.41, 5.74) is 1.89. The predicted molar refractivity (Wildman–Crippen MR) is 115 cm³/mol. The molecule has 0 amide bonds. The molecule has 1 aromatic heterocycles. The molecule has 1 saturated heterocycles. The number of ether oxygens (including phenoxy) is 1. The first-order valence-electron chi connectivity index (χ1n) is 9.06. The summed E-state index contributed by atoms with van der Waals surface area (Å²) in [6.45, 7) is 1.66. The van der Waals surface area contributed by atoms with Crippen molar-refractivity contribution in [3.05, 3.63) is 60.2 Å². The summed E-state index contributed by atoms with van der Waals surface area (Å²) in [5.74, 6) is 0.618. The number of nitrogens with zero attached hydrogens (tertiary/aromatic N) is 3. The summed E-state index contributed by atoms with van der Waals surface area (Å²) in [6.07, 6.45) is 0. The lowest BCUT2D eigenvalue weighted by Gasteiger charge is -2.26. The summed E-state index contributed by atoms with van der Waals surface area (Å²) in [6, 6.07) is 16.9. The molecule has 0 bridgehead atoms. The fourth-order valence-corrected chi connectivity index (χ4v) is 6.03. The van der Waals surface area contributed by atoms with Crippen molar-refractivity contribution in [2.75, 3.05) is 31.6 Å². The van der Waals surface area contributed by atoms with E-state index in [1.54, 1.807) is 18.2 Å². The first kappa shape index (κ1) is 20.3. The van der Waals surface area contributed by atoms with E-state index in [1.807, 2.05) is 36.4 Å². The Hall–Kier alpha value is -1.98. The van der Waals surface area contributed by atoms with Gasteiger partial charge in [0, 0.05) is 24.5 Å². The largest absolute Gasteiger partial charge is 0.379 e. The Kier molecular flexibility index (Phi) is 6.46. The second-order valence-electron chi connectivity index (χ2n) is 6.32. The number of aromatic nitrogens is 2. The van der Waals surface area contributed by atoms with Crippen LogP contribution in [0.25, 0.3) is 0 Å². The van der Waals surface area contributed by atoms with Crippen LogP contribution in [0.2, 0.25) is 0 Å². The van der Waals surface area contributed by atoms with Gasteiger partial charge in [0.15, 0.2) is 4.34 Å². The lowest BCUT2D eigenvalue weighted by atomic mass is 10.2. The third kappa shape index (κ3) is 5.14. The van der Waals surface area contributed by atoms with E-state index in [9.17, 15) is 8.42 Å². The van der Waals surface area contributed by atoms with Crippen molar-refractivity contribution in [2.24, 2.45) is 0 Å². The lowest BCUT2D eigenvalue weighted by molar-refractivity contribution is 0.0730. The Bertz CT molecular complexity index is 1050. The topological polar surface area (TPSA) is 84.4 Å². The van der Waals surface area contributed by atoms with E-state index < -0.39 is 10.0 Å². The minimum atomic E-state index is -3.49. The molecule has 0 unspecified atom stereocenters. The van der Waals surface area contributed by atoms with Gasteiger partial charge in [-0.2, -0.15) is 4.31 Å². The first-order valence-corrected chi connectivity index (χ1v) is 12.3. The van der Waals surface area contributed by atoms with Crippen LogP contribution in [0.3, 0.4) is 0 Å². The van der Waals surface area contributed by atoms with E-state index in [0.717, 1.165) is 20.7 Å². The number of benzene rings is 2. The number of thioether (sulfide) groups is 1. The Morgan fingerprint density at radius 1 is 1.07 bits per heavy atom. The molecule has 3 aromatic rings. The number of para-hydroxylation sites is 1. The Morgan fingerprint density at radius 3 is 2.66 bits per heavy atom. The fraction of sp³-hybridized carbons (Fsp3) is 0.263. The number of anilines is 2. The fourth-order valence-electron chi connectivity index (χ4n) is 2.84. The highest BCUT2D eigenvalue weighted by Gasteiger charge is 2.26. The van der Waals surface area contributed by atoms with Gasteiger partial charge in [0.05, 0.1) is 18.1 Å². The SMILES string of the molecule is O=S(=O)(c1cccc(CSc2nnc(Nc3ccccc3)s2)c1)N1CCOCC1. The highest BCUT2D eigenvalue weighted by Crippen LogP contribution is 2.30. The quantitative estimate of drug-likeness (QED) is 0.553. The van der Waals surface area contributed by atoms with Crippen molar-refractivity contribution >= 4 is 43.9 Å². The minimum absolute atomic E-state index is 0.321. The first-order chi connectivity index (χ1) is 14.1. The van der Waals surface area contributed by atoms with Gasteiger partial charge in [-0.3, -0.25) is 0 Å². The van der Waals surface area contributed by atoms with Crippen molar-refractivity contribution in [3.63, 3.8) is 0 Å². The van der Waals surface area contributed by atoms with E-state index >= 15 is 0 Å². The second kappa shape index (κ2) is 9.23. The van der Waals surface area contributed by atoms with Gasteiger partial charge < -0.3 is 10.1 Å². The minimum Gasteiger partial charge on any atom is -0.379 e. The normalized spacial score (nSPS) is 15.3. The van der Waals surface area contributed by atoms with Gasteiger partial charge in [0.25, 0.3) is 0 Å². The summed E-state index contributed by atoms with van der Waals surface area (Å²) in [4.78, 5) is 0.321. The van der Waals surface area contributed by atoms with Crippen molar-refractivity contribution in [3.8, 4) is 0 Å². The second-order valence-corrected chi connectivity index (χ2v) is 10.5. The summed E-state index contributed by atoms with van der Waals surface area (Å²) < 4.78 is 33.2. The average molecular weight is 449 g/mol. The van der Waals surface area contributed by atoms with Crippen LogP contribution in [0.1, 0.15) is 5.56 Å². The molecule has 0 aliphatic carbocycles. The van der Waals surface area contributed by atoms with Crippen molar-refractivity contribution in [2.45, 2.75) is 15.0 Å². The molecule has 2 heterocycles. The van der Waals surface area contributed by atoms with Crippen LogP contribution in [0.5, 0.6) is 0 Å². The summed E-state index contributed by atoms with van der Waals surface area (Å²) in [5, 5.41) is 12.3. The molecule has 152 valence electrons. The molecule has 1 N–H and O–H groups in total. The highest BCUT2D eigenvalue weighted by atomic mass is 32.2. The van der Waals surface area contributed by atoms with Crippen LogP contribution in [0.4, 0.5) is 10.8 Å². The van der Waals surface area contributed by atoms with Crippen LogP contribution in [-0.2, 0) is 20.5 Å². The third-order valence-corrected chi connectivity index (χ3v) is 8.24. The molecule has 4 rings (SSSR count). The number of hydrogen-bond acceptors (Lipinski definition) is 8. The van der Waals surface area contributed by atoms with Gasteiger partial charge in [-0.1, -0.05) is 53.4 Å². The molecule has 1 fully saturated rings. The molecule has 0 atom stereocenters. The van der Waals surface area contributed by atoms with Crippen LogP contribution >= 0.6 is 23.1 Å². The van der Waals surface area contributed by atoms with E-state index in [1.165, 1.54) is 27.4 Å². The Balaban J connectivity index is 1.40. The van der Waals surface area contributed by atoms with Crippen molar-refractivity contribution < 1.29 is 13.2 Å². The molecular weight excluding hydrogens is 428 g/mol. The zero-order valence-corrected chi connectivity index (χ0v) is 18.0. The third-order valence-electron chi connectivity index (χ3n) is 4.30. The molecule has 0 radical (unpaired) electrons. The van der Waals surface area contributed by atoms with Gasteiger partial charge in [0.2, 0.25) is 15.2 Å². The number of morpholine rings is 1. The molecule has 29 heavy (non-hydrogen) atoms. The maximum Gasteiger partial charge on any atom is 0.243 e. The van der Waals surface area contributed by atoms with Crippen molar-refractivity contribution in [1.29, 1.82) is 0 Å². The maximum absolute atomic E-state index is 12.8. The van der Waals surface area contributed by atoms with Crippen LogP contribution in [0, 0.1) is 0 Å². The molecule has 2 aromatic carbocycles. The number of rotatable bonds is 7. The van der Waals surface area contributed by atoms with Gasteiger partial charge >= 0.3 is 0 Å². The van der Waals surface area contributed by atoms with Crippen LogP contribution in [0.15, 0.2) is 63.8 Å². The zero-order valence-electron chi connectivity index (χ0n) is 15.5. The Labute approximate surface area is 178 Å². The molecule has 1 aliphatic rings. The molecule has 10 heteroatoms. The summed E-state index contributed by atoms with van der Waals surface area (Å²) >= 11 is 3.00. The monoisotopic (exact) mass is 448 g/mol. The highest BCUT2D eigenvalue weighted by molar-refractivity contribution is 8.00. The standard InChI is InChI=1S/C19H20N4O3S3/c24-29(25,23-9-11-26-12-10-23)17-8-4-5-15(13-17)14-27-19-22-21-18(28-19)20-16-6-2-1-3-7-16/h1-8,13H,9-12,14H2,(H,20,21). The van der Waals surface area contributed by atoms with E-state index in [2.05, 4.69) is 15.5 Å². The molecular formula is C19H20N4O3S3. The Morgan fingerprint density at radius 2 is 1.86 bits per heavy atom. The zero-order chi connectivity index (χ0) is 20.1. The number of nitrogens with one attached hydrogen (secondary N) is 1. The van der Waals surface area contributed by atoms with Crippen molar-refractivity contribution in [1.82, 2.24) is 14.5 Å². The summed E-state index contributed by atoms with van der Waals surface area (Å²) in [7, 11) is -3.49. The maximum atomic E-state index is 12.8. The van der Waals surface area contributed by atoms with Gasteiger partial charge in [-0.15, -0.1) is 10.2 Å². The van der Waals surface area contributed by atoms with Crippen LogP contribution < -0.4 is 5.32 Å². The molecule has 1 aliphatic heterocycles.